The van der Waals surface area contributed by atoms with E-state index >= 15 is 0 Å². The van der Waals surface area contributed by atoms with Gasteiger partial charge in [0.15, 0.2) is 6.61 Å². The number of anilines is 2. The maximum absolute atomic E-state index is 12.9. The van der Waals surface area contributed by atoms with Crippen LogP contribution in [-0.4, -0.2) is 35.2 Å². The molecule has 2 aliphatic carbocycles. The van der Waals surface area contributed by atoms with Gasteiger partial charge in [-0.15, -0.1) is 0 Å². The summed E-state index contributed by atoms with van der Waals surface area (Å²) in [7, 11) is 0. The molecule has 1 heterocycles. The number of rotatable bonds is 6. The van der Waals surface area contributed by atoms with Crippen LogP contribution < -0.4 is 10.2 Å². The first kappa shape index (κ1) is 22.7. The summed E-state index contributed by atoms with van der Waals surface area (Å²) in [6, 6.07) is 10.2. The van der Waals surface area contributed by atoms with Gasteiger partial charge < -0.3 is 10.1 Å². The van der Waals surface area contributed by atoms with Crippen molar-refractivity contribution in [1.82, 2.24) is 0 Å². The first-order valence-electron chi connectivity index (χ1n) is 11.4. The minimum Gasteiger partial charge on any atom is -0.452 e. The molecule has 1 aliphatic heterocycles. The number of hydrogen-bond acceptors (Lipinski definition) is 7. The fraction of sp³-hybridized carbons (Fsp3) is 0.360. The molecule has 0 radical (unpaired) electrons. The van der Waals surface area contributed by atoms with Crippen molar-refractivity contribution in [3.63, 3.8) is 0 Å². The van der Waals surface area contributed by atoms with Crippen LogP contribution in [0.2, 0.25) is 0 Å². The molecule has 4 atom stereocenters. The lowest BCUT2D eigenvalue weighted by Gasteiger charge is -2.19. The molecule has 2 bridgehead atoms. The summed E-state index contributed by atoms with van der Waals surface area (Å²) in [5.74, 6) is -1.58. The lowest BCUT2D eigenvalue weighted by atomic mass is 9.81. The summed E-state index contributed by atoms with van der Waals surface area (Å²) in [6.07, 6.45) is 2.95. The van der Waals surface area contributed by atoms with E-state index in [1.807, 2.05) is 0 Å². The minimum atomic E-state index is -0.754. The number of esters is 1. The van der Waals surface area contributed by atoms with Crippen LogP contribution in [0.5, 0.6) is 0 Å². The molecular formula is C25H23N3O7. The number of benzene rings is 2. The van der Waals surface area contributed by atoms with Gasteiger partial charge in [0, 0.05) is 17.3 Å². The van der Waals surface area contributed by atoms with Gasteiger partial charge in [0.25, 0.3) is 11.6 Å². The van der Waals surface area contributed by atoms with E-state index in [0.717, 1.165) is 19.3 Å². The zero-order valence-corrected chi connectivity index (χ0v) is 18.9. The van der Waals surface area contributed by atoms with E-state index in [1.54, 1.807) is 6.92 Å². The Morgan fingerprint density at radius 3 is 2.29 bits per heavy atom. The van der Waals surface area contributed by atoms with Crippen molar-refractivity contribution in [3.05, 3.63) is 63.7 Å². The Morgan fingerprint density at radius 2 is 1.69 bits per heavy atom. The zero-order chi connectivity index (χ0) is 24.9. The van der Waals surface area contributed by atoms with Crippen LogP contribution >= 0.6 is 0 Å². The standard InChI is InChI=1S/C25H23N3O7/c1-13-2-7-17(11-19(13)28(33)34)26-20(29)12-35-25(32)14-5-8-18(9-6-14)27-23(30)21-15-3-4-16(10-15)22(21)24(27)31/h2,5-9,11,15-16,21-22H,3-4,10,12H2,1H3,(H,26,29)/t15-,16-,21-,22+/m0/s1. The molecule has 180 valence electrons. The number of nitro benzene ring substituents is 1. The van der Waals surface area contributed by atoms with Gasteiger partial charge in [-0.3, -0.25) is 29.4 Å². The Morgan fingerprint density at radius 1 is 1.06 bits per heavy atom. The highest BCUT2D eigenvalue weighted by Crippen LogP contribution is 2.56. The van der Waals surface area contributed by atoms with Crippen LogP contribution in [0.1, 0.15) is 35.2 Å². The molecule has 1 N–H and O–H groups in total. The van der Waals surface area contributed by atoms with Crippen LogP contribution in [0, 0.1) is 40.7 Å². The summed E-state index contributed by atoms with van der Waals surface area (Å²) >= 11 is 0. The van der Waals surface area contributed by atoms with Crippen LogP contribution in [-0.2, 0) is 19.1 Å². The van der Waals surface area contributed by atoms with Gasteiger partial charge in [0.05, 0.1) is 28.0 Å². The van der Waals surface area contributed by atoms with Gasteiger partial charge in [-0.2, -0.15) is 0 Å². The van der Waals surface area contributed by atoms with Crippen LogP contribution in [0.3, 0.4) is 0 Å². The highest BCUT2D eigenvalue weighted by Gasteiger charge is 2.61. The number of nitrogens with one attached hydrogen (secondary N) is 1. The van der Waals surface area contributed by atoms with Crippen molar-refractivity contribution < 1.29 is 28.8 Å². The molecule has 2 aromatic carbocycles. The average molecular weight is 477 g/mol. The number of hydrogen-bond donors (Lipinski definition) is 1. The van der Waals surface area contributed by atoms with Crippen LogP contribution in [0.15, 0.2) is 42.5 Å². The lowest BCUT2D eigenvalue weighted by molar-refractivity contribution is -0.385. The van der Waals surface area contributed by atoms with Crippen LogP contribution in [0.4, 0.5) is 17.1 Å². The van der Waals surface area contributed by atoms with Crippen molar-refractivity contribution in [3.8, 4) is 0 Å². The number of ether oxygens (including phenoxy) is 1. The van der Waals surface area contributed by atoms with E-state index < -0.39 is 23.4 Å². The monoisotopic (exact) mass is 477 g/mol. The third kappa shape index (κ3) is 3.94. The topological polar surface area (TPSA) is 136 Å². The fourth-order valence-corrected chi connectivity index (χ4v) is 5.71. The molecule has 3 fully saturated rings. The molecule has 10 heteroatoms. The summed E-state index contributed by atoms with van der Waals surface area (Å²) < 4.78 is 5.04. The Hall–Kier alpha value is -4.08. The molecule has 0 unspecified atom stereocenters. The predicted molar refractivity (Wildman–Crippen MR) is 123 cm³/mol. The molecule has 2 saturated carbocycles. The highest BCUT2D eigenvalue weighted by atomic mass is 16.6. The van der Waals surface area contributed by atoms with E-state index in [1.165, 1.54) is 47.4 Å². The lowest BCUT2D eigenvalue weighted by Crippen LogP contribution is -2.32. The predicted octanol–water partition coefficient (Wildman–Crippen LogP) is 3.23. The zero-order valence-electron chi connectivity index (χ0n) is 18.9. The smallest absolute Gasteiger partial charge is 0.338 e. The second-order valence-electron chi connectivity index (χ2n) is 9.33. The third-order valence-electron chi connectivity index (χ3n) is 7.31. The number of amides is 3. The van der Waals surface area contributed by atoms with Crippen molar-refractivity contribution in [2.45, 2.75) is 26.2 Å². The Bertz CT molecular complexity index is 1230. The number of aryl methyl sites for hydroxylation is 1. The van der Waals surface area contributed by atoms with Gasteiger partial charge in [0.2, 0.25) is 11.8 Å². The number of carbonyl (C=O) groups is 4. The quantitative estimate of drug-likeness (QED) is 0.292. The molecule has 1 saturated heterocycles. The van der Waals surface area contributed by atoms with Crippen molar-refractivity contribution in [1.29, 1.82) is 0 Å². The molecule has 5 rings (SSSR count). The Labute approximate surface area is 200 Å². The van der Waals surface area contributed by atoms with E-state index in [4.69, 9.17) is 4.74 Å². The summed E-state index contributed by atoms with van der Waals surface area (Å²) in [6.45, 7) is 0.999. The van der Waals surface area contributed by atoms with Crippen molar-refractivity contribution in [2.75, 3.05) is 16.8 Å². The summed E-state index contributed by atoms with van der Waals surface area (Å²) in [5, 5.41) is 13.5. The van der Waals surface area contributed by atoms with E-state index in [9.17, 15) is 29.3 Å². The maximum atomic E-state index is 12.9. The second-order valence-corrected chi connectivity index (χ2v) is 9.33. The average Bonchev–Trinajstić information content (AvgIpc) is 3.52. The van der Waals surface area contributed by atoms with E-state index in [0.29, 0.717) is 11.3 Å². The molecule has 0 spiro atoms. The molecule has 3 amide bonds. The number of carbonyl (C=O) groups excluding carboxylic acids is 4. The maximum Gasteiger partial charge on any atom is 0.338 e. The molecule has 35 heavy (non-hydrogen) atoms. The first-order valence-corrected chi connectivity index (χ1v) is 11.4. The van der Waals surface area contributed by atoms with Gasteiger partial charge >= 0.3 is 5.97 Å². The Balaban J connectivity index is 1.19. The largest absolute Gasteiger partial charge is 0.452 e. The SMILES string of the molecule is Cc1ccc(NC(=O)COC(=O)c2ccc(N3C(=O)[C@@H]4[C@H]5CC[C@@H](C5)[C@@H]4C3=O)cc2)cc1[N+](=O)[O-]. The van der Waals surface area contributed by atoms with Gasteiger partial charge in [-0.25, -0.2) is 4.79 Å². The van der Waals surface area contributed by atoms with Gasteiger partial charge in [-0.1, -0.05) is 6.07 Å². The number of fused-ring (bicyclic) bond motifs is 5. The number of imide groups is 1. The number of nitro groups is 1. The van der Waals surface area contributed by atoms with Crippen molar-refractivity contribution >= 4 is 40.8 Å². The second kappa shape index (κ2) is 8.61. The normalized spacial score (nSPS) is 24.4. The first-order chi connectivity index (χ1) is 16.7. The number of nitrogens with zero attached hydrogens (tertiary/aromatic N) is 2. The molecule has 10 nitrogen and oxygen atoms in total. The summed E-state index contributed by atoms with van der Waals surface area (Å²) in [4.78, 5) is 62.1. The molecule has 2 aromatic rings. The van der Waals surface area contributed by atoms with Crippen LogP contribution in [0.25, 0.3) is 0 Å². The molecule has 3 aliphatic rings. The minimum absolute atomic E-state index is 0.133. The van der Waals surface area contributed by atoms with Gasteiger partial charge in [0.1, 0.15) is 0 Å². The highest BCUT2D eigenvalue weighted by molar-refractivity contribution is 6.22. The van der Waals surface area contributed by atoms with Gasteiger partial charge in [-0.05, 0) is 68.4 Å². The molecular weight excluding hydrogens is 454 g/mol. The fourth-order valence-electron chi connectivity index (χ4n) is 5.71. The molecule has 0 aromatic heterocycles. The van der Waals surface area contributed by atoms with Crippen molar-refractivity contribution in [2.24, 2.45) is 23.7 Å². The third-order valence-corrected chi connectivity index (χ3v) is 7.31. The van der Waals surface area contributed by atoms with E-state index in [-0.39, 0.29) is 52.4 Å². The summed E-state index contributed by atoms with van der Waals surface area (Å²) in [5.41, 5.74) is 1.11. The van der Waals surface area contributed by atoms with E-state index in [2.05, 4.69) is 5.32 Å². The Kier molecular flexibility index (Phi) is 5.58.